The zero-order valence-electron chi connectivity index (χ0n) is 12.4. The van der Waals surface area contributed by atoms with E-state index in [1.54, 1.807) is 0 Å². The molecule has 1 rings (SSSR count). The minimum absolute atomic E-state index is 0.110. The van der Waals surface area contributed by atoms with E-state index in [0.29, 0.717) is 0 Å². The highest BCUT2D eigenvalue weighted by Crippen LogP contribution is 2.20. The maximum absolute atomic E-state index is 11.8. The predicted octanol–water partition coefficient (Wildman–Crippen LogP) is 3.83. The summed E-state index contributed by atoms with van der Waals surface area (Å²) in [6, 6.07) is 0.110. The highest BCUT2D eigenvalue weighted by Gasteiger charge is 2.30. The predicted molar refractivity (Wildman–Crippen MR) is 77.7 cm³/mol. The van der Waals surface area contributed by atoms with Crippen LogP contribution >= 0.6 is 0 Å². The summed E-state index contributed by atoms with van der Waals surface area (Å²) in [4.78, 5) is 25.0. The molecule has 0 bridgehead atoms. The van der Waals surface area contributed by atoms with Gasteiger partial charge in [0.25, 0.3) is 11.8 Å². The first-order valence-electron chi connectivity index (χ1n) is 7.76. The van der Waals surface area contributed by atoms with Gasteiger partial charge in [-0.2, -0.15) is 0 Å². The van der Waals surface area contributed by atoms with Gasteiger partial charge in [0, 0.05) is 18.2 Å². The SMILES string of the molecule is CCCCCCC(CCCCC)N1C(=O)C=CC1=O. The first kappa shape index (κ1) is 15.9. The molecule has 19 heavy (non-hydrogen) atoms. The second kappa shape index (κ2) is 8.89. The topological polar surface area (TPSA) is 37.4 Å². The third-order valence-electron chi connectivity index (χ3n) is 3.74. The Balaban J connectivity index is 2.48. The molecule has 3 nitrogen and oxygen atoms in total. The minimum atomic E-state index is -0.123. The average Bonchev–Trinajstić information content (AvgIpc) is 2.73. The van der Waals surface area contributed by atoms with Gasteiger partial charge in [-0.25, -0.2) is 0 Å². The number of unbranched alkanes of at least 4 members (excludes halogenated alkanes) is 5. The van der Waals surface area contributed by atoms with E-state index in [0.717, 1.165) is 25.7 Å². The summed E-state index contributed by atoms with van der Waals surface area (Å²) in [6.45, 7) is 4.36. The third-order valence-corrected chi connectivity index (χ3v) is 3.74. The molecule has 1 unspecified atom stereocenters. The van der Waals surface area contributed by atoms with E-state index in [1.807, 2.05) is 0 Å². The number of hydrogen-bond donors (Lipinski definition) is 0. The summed E-state index contributed by atoms with van der Waals surface area (Å²) in [5.41, 5.74) is 0. The Labute approximate surface area is 117 Å². The molecule has 0 aliphatic carbocycles. The smallest absolute Gasteiger partial charge is 0.253 e. The summed E-state index contributed by atoms with van der Waals surface area (Å²) < 4.78 is 0. The van der Waals surface area contributed by atoms with Crippen LogP contribution in [0.3, 0.4) is 0 Å². The number of imide groups is 1. The van der Waals surface area contributed by atoms with Crippen LogP contribution in [0.25, 0.3) is 0 Å². The molecule has 2 amide bonds. The largest absolute Gasteiger partial charge is 0.272 e. The molecule has 0 aromatic carbocycles. The molecule has 1 aliphatic heterocycles. The maximum atomic E-state index is 11.8. The van der Waals surface area contributed by atoms with Crippen molar-refractivity contribution in [3.8, 4) is 0 Å². The summed E-state index contributed by atoms with van der Waals surface area (Å²) >= 11 is 0. The van der Waals surface area contributed by atoms with Crippen molar-refractivity contribution in [3.63, 3.8) is 0 Å². The fourth-order valence-corrected chi connectivity index (χ4v) is 2.61. The number of nitrogens with zero attached hydrogens (tertiary/aromatic N) is 1. The van der Waals surface area contributed by atoms with Crippen molar-refractivity contribution in [3.05, 3.63) is 12.2 Å². The average molecular weight is 265 g/mol. The zero-order valence-corrected chi connectivity index (χ0v) is 12.4. The van der Waals surface area contributed by atoms with Gasteiger partial charge >= 0.3 is 0 Å². The summed E-state index contributed by atoms with van der Waals surface area (Å²) in [5.74, 6) is -0.246. The molecule has 0 aromatic rings. The second-order valence-corrected chi connectivity index (χ2v) is 5.38. The molecular formula is C16H27NO2. The first-order chi connectivity index (χ1) is 9.20. The molecule has 0 N–H and O–H groups in total. The lowest BCUT2D eigenvalue weighted by atomic mass is 10.00. The Hall–Kier alpha value is -1.12. The number of carbonyl (C=O) groups is 2. The molecule has 0 saturated heterocycles. The molecule has 1 aliphatic rings. The highest BCUT2D eigenvalue weighted by atomic mass is 16.2. The van der Waals surface area contributed by atoms with Crippen LogP contribution in [0.2, 0.25) is 0 Å². The van der Waals surface area contributed by atoms with Gasteiger partial charge in [-0.3, -0.25) is 14.5 Å². The van der Waals surface area contributed by atoms with Crippen LogP contribution in [0.15, 0.2) is 12.2 Å². The Morgan fingerprint density at radius 3 is 1.84 bits per heavy atom. The fourth-order valence-electron chi connectivity index (χ4n) is 2.61. The molecule has 0 radical (unpaired) electrons. The van der Waals surface area contributed by atoms with Crippen molar-refractivity contribution < 1.29 is 9.59 Å². The van der Waals surface area contributed by atoms with Gasteiger partial charge < -0.3 is 0 Å². The van der Waals surface area contributed by atoms with Crippen molar-refractivity contribution in [2.45, 2.75) is 77.7 Å². The normalized spacial score (nSPS) is 16.4. The van der Waals surface area contributed by atoms with Gasteiger partial charge in [-0.05, 0) is 12.8 Å². The van der Waals surface area contributed by atoms with Gasteiger partial charge in [-0.1, -0.05) is 58.8 Å². The fraction of sp³-hybridized carbons (Fsp3) is 0.750. The van der Waals surface area contributed by atoms with Crippen LogP contribution in [-0.2, 0) is 9.59 Å². The Morgan fingerprint density at radius 2 is 1.32 bits per heavy atom. The van der Waals surface area contributed by atoms with Crippen LogP contribution in [0.4, 0.5) is 0 Å². The Bertz CT molecular complexity index is 305. The number of rotatable bonds is 10. The van der Waals surface area contributed by atoms with Crippen LogP contribution in [0.5, 0.6) is 0 Å². The van der Waals surface area contributed by atoms with E-state index in [4.69, 9.17) is 0 Å². The molecule has 0 fully saturated rings. The van der Waals surface area contributed by atoms with Gasteiger partial charge in [0.1, 0.15) is 0 Å². The van der Waals surface area contributed by atoms with Gasteiger partial charge in [0.15, 0.2) is 0 Å². The lowest BCUT2D eigenvalue weighted by molar-refractivity contribution is -0.139. The van der Waals surface area contributed by atoms with E-state index in [2.05, 4.69) is 13.8 Å². The van der Waals surface area contributed by atoms with E-state index < -0.39 is 0 Å². The number of carbonyl (C=O) groups excluding carboxylic acids is 2. The van der Waals surface area contributed by atoms with Crippen molar-refractivity contribution >= 4 is 11.8 Å². The molecule has 3 heteroatoms. The van der Waals surface area contributed by atoms with Gasteiger partial charge in [0.05, 0.1) is 0 Å². The number of hydrogen-bond acceptors (Lipinski definition) is 2. The Morgan fingerprint density at radius 1 is 0.842 bits per heavy atom. The molecule has 108 valence electrons. The van der Waals surface area contributed by atoms with E-state index >= 15 is 0 Å². The van der Waals surface area contributed by atoms with Crippen molar-refractivity contribution in [1.29, 1.82) is 0 Å². The highest BCUT2D eigenvalue weighted by molar-refractivity contribution is 6.13. The maximum Gasteiger partial charge on any atom is 0.253 e. The number of amides is 2. The standard InChI is InChI=1S/C16H27NO2/c1-3-5-7-9-11-14(10-8-6-4-2)17-15(18)12-13-16(17)19/h12-14H,3-11H2,1-2H3. The lowest BCUT2D eigenvalue weighted by Gasteiger charge is -2.26. The van der Waals surface area contributed by atoms with Crippen LogP contribution in [0, 0.1) is 0 Å². The summed E-state index contributed by atoms with van der Waals surface area (Å²) in [5, 5.41) is 0. The van der Waals surface area contributed by atoms with Crippen LogP contribution < -0.4 is 0 Å². The third kappa shape index (κ3) is 5.17. The molecule has 1 heterocycles. The van der Waals surface area contributed by atoms with Crippen molar-refractivity contribution in [2.75, 3.05) is 0 Å². The van der Waals surface area contributed by atoms with E-state index in [-0.39, 0.29) is 17.9 Å². The zero-order chi connectivity index (χ0) is 14.1. The van der Waals surface area contributed by atoms with Gasteiger partial charge in [-0.15, -0.1) is 0 Å². The molecular weight excluding hydrogens is 238 g/mol. The van der Waals surface area contributed by atoms with Crippen LogP contribution in [0.1, 0.15) is 71.6 Å². The molecule has 0 spiro atoms. The lowest BCUT2D eigenvalue weighted by Crippen LogP contribution is -2.40. The summed E-state index contributed by atoms with van der Waals surface area (Å²) in [6.07, 6.45) is 12.9. The molecule has 1 atom stereocenters. The monoisotopic (exact) mass is 265 g/mol. The quantitative estimate of drug-likeness (QED) is 0.444. The first-order valence-corrected chi connectivity index (χ1v) is 7.76. The van der Waals surface area contributed by atoms with E-state index in [9.17, 15) is 9.59 Å². The molecule has 0 saturated carbocycles. The van der Waals surface area contributed by atoms with Gasteiger partial charge in [0.2, 0.25) is 0 Å². The van der Waals surface area contributed by atoms with Crippen LogP contribution in [-0.4, -0.2) is 22.8 Å². The summed E-state index contributed by atoms with van der Waals surface area (Å²) in [7, 11) is 0. The van der Waals surface area contributed by atoms with E-state index in [1.165, 1.54) is 49.2 Å². The minimum Gasteiger partial charge on any atom is -0.272 e. The Kier molecular flexibility index (Phi) is 7.46. The van der Waals surface area contributed by atoms with Crippen molar-refractivity contribution in [2.24, 2.45) is 0 Å². The molecule has 0 aromatic heterocycles. The van der Waals surface area contributed by atoms with Crippen molar-refractivity contribution in [1.82, 2.24) is 4.90 Å². The second-order valence-electron chi connectivity index (χ2n) is 5.38.